The van der Waals surface area contributed by atoms with Gasteiger partial charge in [0.2, 0.25) is 5.91 Å². The Labute approximate surface area is 156 Å². The summed E-state index contributed by atoms with van der Waals surface area (Å²) in [6.45, 7) is 2.30. The van der Waals surface area contributed by atoms with E-state index in [1.807, 2.05) is 0 Å². The van der Waals surface area contributed by atoms with Crippen LogP contribution in [0.1, 0.15) is 50.7 Å². The Morgan fingerprint density at radius 3 is 2.85 bits per heavy atom. The lowest BCUT2D eigenvalue weighted by Gasteiger charge is -2.12. The minimum absolute atomic E-state index is 0.133. The van der Waals surface area contributed by atoms with E-state index in [2.05, 4.69) is 17.2 Å². The second-order valence-corrected chi connectivity index (χ2v) is 6.57. The SMILES string of the molecule is CCCCCCNC(=O)/C=C/n1cc(C2CC(O)C(CO)O2)c(=O)[nH]c1=O. The molecule has 1 aromatic rings. The van der Waals surface area contributed by atoms with Gasteiger partial charge in [-0.2, -0.15) is 0 Å². The van der Waals surface area contributed by atoms with Crippen molar-refractivity contribution in [2.45, 2.75) is 57.3 Å². The second-order valence-electron chi connectivity index (χ2n) is 6.57. The molecule has 1 amide bonds. The van der Waals surface area contributed by atoms with E-state index >= 15 is 0 Å². The zero-order chi connectivity index (χ0) is 19.8. The van der Waals surface area contributed by atoms with E-state index in [1.165, 1.54) is 18.5 Å². The molecule has 1 saturated heterocycles. The van der Waals surface area contributed by atoms with E-state index in [-0.39, 0.29) is 24.5 Å². The average molecular weight is 381 g/mol. The van der Waals surface area contributed by atoms with Gasteiger partial charge in [-0.15, -0.1) is 0 Å². The molecule has 0 aliphatic carbocycles. The molecule has 3 unspecified atom stereocenters. The summed E-state index contributed by atoms with van der Waals surface area (Å²) in [6.07, 6.45) is 5.66. The number of nitrogens with one attached hydrogen (secondary N) is 2. The smallest absolute Gasteiger partial charge is 0.332 e. The van der Waals surface area contributed by atoms with Crippen LogP contribution in [0.3, 0.4) is 0 Å². The van der Waals surface area contributed by atoms with Crippen LogP contribution in [0.25, 0.3) is 6.20 Å². The number of hydrogen-bond donors (Lipinski definition) is 4. The van der Waals surface area contributed by atoms with Crippen LogP contribution in [-0.2, 0) is 9.53 Å². The van der Waals surface area contributed by atoms with E-state index in [4.69, 9.17) is 9.84 Å². The number of aliphatic hydroxyl groups excluding tert-OH is 2. The third-order valence-corrected chi connectivity index (χ3v) is 4.46. The fraction of sp³-hybridized carbons (Fsp3) is 0.611. The highest BCUT2D eigenvalue weighted by atomic mass is 16.5. The summed E-state index contributed by atoms with van der Waals surface area (Å²) in [6, 6.07) is 0. The molecule has 1 aromatic heterocycles. The number of H-pyrrole nitrogens is 1. The molecule has 2 heterocycles. The molecule has 1 fully saturated rings. The summed E-state index contributed by atoms with van der Waals surface area (Å²) in [4.78, 5) is 38.0. The highest BCUT2D eigenvalue weighted by Crippen LogP contribution is 2.30. The molecule has 0 saturated carbocycles. The highest BCUT2D eigenvalue weighted by Gasteiger charge is 2.35. The average Bonchev–Trinajstić information content (AvgIpc) is 3.01. The summed E-state index contributed by atoms with van der Waals surface area (Å²) >= 11 is 0. The Morgan fingerprint density at radius 1 is 1.41 bits per heavy atom. The Morgan fingerprint density at radius 2 is 2.19 bits per heavy atom. The van der Waals surface area contributed by atoms with E-state index in [0.717, 1.165) is 30.3 Å². The number of aromatic nitrogens is 2. The zero-order valence-electron chi connectivity index (χ0n) is 15.4. The maximum Gasteiger partial charge on any atom is 0.332 e. The van der Waals surface area contributed by atoms with Crippen molar-refractivity contribution < 1.29 is 19.7 Å². The predicted molar refractivity (Wildman–Crippen MR) is 99.1 cm³/mol. The highest BCUT2D eigenvalue weighted by molar-refractivity contribution is 5.90. The minimum atomic E-state index is -0.895. The van der Waals surface area contributed by atoms with Crippen LogP contribution in [0.2, 0.25) is 0 Å². The van der Waals surface area contributed by atoms with Gasteiger partial charge in [-0.25, -0.2) is 4.79 Å². The molecule has 9 nitrogen and oxygen atoms in total. The number of aromatic amines is 1. The molecule has 1 aliphatic heterocycles. The summed E-state index contributed by atoms with van der Waals surface area (Å²) in [7, 11) is 0. The summed E-state index contributed by atoms with van der Waals surface area (Å²) in [5.74, 6) is -0.334. The molecule has 0 radical (unpaired) electrons. The molecule has 0 spiro atoms. The Bertz CT molecular complexity index is 769. The molecule has 4 N–H and O–H groups in total. The molecule has 0 bridgehead atoms. The topological polar surface area (TPSA) is 134 Å². The Balaban J connectivity index is 2.04. The van der Waals surface area contributed by atoms with Crippen molar-refractivity contribution in [1.29, 1.82) is 0 Å². The quantitative estimate of drug-likeness (QED) is 0.348. The standard InChI is InChI=1S/C18H27N3O6/c1-2-3-4-5-7-19-16(24)6-8-21-10-12(17(25)20-18(21)26)14-9-13(23)15(11-22)27-14/h6,8,10,13-15,22-23H,2-5,7,9,11H2,1H3,(H,19,24)(H,20,25,26)/b8-6+. The fourth-order valence-electron chi connectivity index (χ4n) is 2.90. The van der Waals surface area contributed by atoms with Gasteiger partial charge in [0.25, 0.3) is 5.56 Å². The van der Waals surface area contributed by atoms with Crippen molar-refractivity contribution in [3.8, 4) is 0 Å². The van der Waals surface area contributed by atoms with Gasteiger partial charge < -0.3 is 20.3 Å². The number of carbonyl (C=O) groups is 1. The van der Waals surface area contributed by atoms with Crippen molar-refractivity contribution in [3.05, 3.63) is 38.7 Å². The molecule has 2 rings (SSSR count). The number of unbranched alkanes of at least 4 members (excludes halogenated alkanes) is 3. The molecule has 150 valence electrons. The summed E-state index contributed by atoms with van der Waals surface area (Å²) in [5, 5.41) is 21.7. The van der Waals surface area contributed by atoms with Crippen LogP contribution in [0.4, 0.5) is 0 Å². The Hall–Kier alpha value is -2.23. The van der Waals surface area contributed by atoms with E-state index in [1.54, 1.807) is 0 Å². The normalized spacial score (nSPS) is 22.4. The number of aliphatic hydroxyl groups is 2. The maximum atomic E-state index is 12.1. The number of ether oxygens (including phenoxy) is 1. The number of carbonyl (C=O) groups excluding carboxylic acids is 1. The number of hydrogen-bond acceptors (Lipinski definition) is 6. The number of nitrogens with zero attached hydrogens (tertiary/aromatic N) is 1. The number of amides is 1. The zero-order valence-corrected chi connectivity index (χ0v) is 15.4. The molecule has 0 aromatic carbocycles. The molecule has 3 atom stereocenters. The summed E-state index contributed by atoms with van der Waals surface area (Å²) < 4.78 is 6.54. The van der Waals surface area contributed by atoms with Crippen molar-refractivity contribution in [2.24, 2.45) is 0 Å². The predicted octanol–water partition coefficient (Wildman–Crippen LogP) is -0.113. The molecule has 1 aliphatic rings. The van der Waals surface area contributed by atoms with E-state index in [0.29, 0.717) is 6.54 Å². The van der Waals surface area contributed by atoms with Crippen LogP contribution in [-0.4, -0.2) is 51.0 Å². The van der Waals surface area contributed by atoms with E-state index < -0.39 is 29.6 Å². The fourth-order valence-corrected chi connectivity index (χ4v) is 2.90. The van der Waals surface area contributed by atoms with Crippen LogP contribution >= 0.6 is 0 Å². The first kappa shape index (κ1) is 21.1. The van der Waals surface area contributed by atoms with Crippen LogP contribution in [0.5, 0.6) is 0 Å². The lowest BCUT2D eigenvalue weighted by atomic mass is 10.1. The molecular weight excluding hydrogens is 354 g/mol. The molecule has 9 heteroatoms. The first-order valence-electron chi connectivity index (χ1n) is 9.22. The maximum absolute atomic E-state index is 12.1. The van der Waals surface area contributed by atoms with Crippen molar-refractivity contribution in [2.75, 3.05) is 13.2 Å². The van der Waals surface area contributed by atoms with Crippen LogP contribution < -0.4 is 16.6 Å². The molecule has 27 heavy (non-hydrogen) atoms. The van der Waals surface area contributed by atoms with Crippen molar-refractivity contribution >= 4 is 12.1 Å². The second kappa shape index (κ2) is 10.2. The first-order chi connectivity index (χ1) is 13.0. The Kier molecular flexibility index (Phi) is 7.96. The lowest BCUT2D eigenvalue weighted by Crippen LogP contribution is -2.31. The van der Waals surface area contributed by atoms with E-state index in [9.17, 15) is 19.5 Å². The van der Waals surface area contributed by atoms with Gasteiger partial charge in [0.15, 0.2) is 0 Å². The summed E-state index contributed by atoms with van der Waals surface area (Å²) in [5.41, 5.74) is -1.16. The monoisotopic (exact) mass is 381 g/mol. The van der Waals surface area contributed by atoms with Crippen molar-refractivity contribution in [1.82, 2.24) is 14.9 Å². The van der Waals surface area contributed by atoms with Gasteiger partial charge in [-0.3, -0.25) is 19.1 Å². The molecular formula is C18H27N3O6. The van der Waals surface area contributed by atoms with Gasteiger partial charge >= 0.3 is 5.69 Å². The third-order valence-electron chi connectivity index (χ3n) is 4.46. The first-order valence-corrected chi connectivity index (χ1v) is 9.22. The van der Waals surface area contributed by atoms with Crippen molar-refractivity contribution in [3.63, 3.8) is 0 Å². The number of rotatable bonds is 9. The van der Waals surface area contributed by atoms with Gasteiger partial charge in [0.05, 0.1) is 24.4 Å². The lowest BCUT2D eigenvalue weighted by molar-refractivity contribution is -0.116. The van der Waals surface area contributed by atoms with Gasteiger partial charge in [0.1, 0.15) is 6.10 Å². The van der Waals surface area contributed by atoms with Gasteiger partial charge in [-0.05, 0) is 6.42 Å². The van der Waals surface area contributed by atoms with Gasteiger partial charge in [-0.1, -0.05) is 26.2 Å². The van der Waals surface area contributed by atoms with Gasteiger partial charge in [0, 0.05) is 31.4 Å². The van der Waals surface area contributed by atoms with Crippen LogP contribution in [0.15, 0.2) is 21.9 Å². The third kappa shape index (κ3) is 5.88. The largest absolute Gasteiger partial charge is 0.394 e. The minimum Gasteiger partial charge on any atom is -0.394 e. The van der Waals surface area contributed by atoms with Crippen LogP contribution in [0, 0.1) is 0 Å².